The Balaban J connectivity index is 2.65. The predicted octanol–water partition coefficient (Wildman–Crippen LogP) is 0.0173. The first kappa shape index (κ1) is 10.5. The van der Waals surface area contributed by atoms with Crippen molar-refractivity contribution in [2.75, 3.05) is 7.11 Å². The van der Waals surface area contributed by atoms with Crippen molar-refractivity contribution in [1.82, 2.24) is 5.32 Å². The number of carbonyl (C=O) groups excluding carboxylic acids is 1. The van der Waals surface area contributed by atoms with Gasteiger partial charge in [0, 0.05) is 13.2 Å². The van der Waals surface area contributed by atoms with Gasteiger partial charge < -0.3 is 10.5 Å². The van der Waals surface area contributed by atoms with Crippen molar-refractivity contribution in [3.05, 3.63) is 0 Å². The summed E-state index contributed by atoms with van der Waals surface area (Å²) in [4.78, 5) is 11.3. The number of carbonyl (C=O) groups is 1. The fourth-order valence-electron chi connectivity index (χ4n) is 1.28. The second kappa shape index (κ2) is 3.64. The molecular weight excluding hydrogens is 168 g/mol. The minimum absolute atomic E-state index is 0.203. The van der Waals surface area contributed by atoms with Crippen LogP contribution in [0.1, 0.15) is 26.7 Å². The van der Waals surface area contributed by atoms with E-state index in [1.807, 2.05) is 6.92 Å². The summed E-state index contributed by atoms with van der Waals surface area (Å²) in [5.41, 5.74) is 4.60. The molecule has 13 heavy (non-hydrogen) atoms. The van der Waals surface area contributed by atoms with E-state index in [4.69, 9.17) is 10.5 Å². The molecule has 0 aliphatic heterocycles. The van der Waals surface area contributed by atoms with Crippen LogP contribution in [0.2, 0.25) is 0 Å². The third kappa shape index (κ3) is 2.19. The SMILES string of the molecule is COC(C)C(C)(NC1CC1)C(N)=O. The number of rotatable bonds is 5. The first-order valence-corrected chi connectivity index (χ1v) is 4.61. The summed E-state index contributed by atoms with van der Waals surface area (Å²) in [6.45, 7) is 3.64. The molecule has 2 unspecified atom stereocenters. The number of nitrogens with one attached hydrogen (secondary N) is 1. The normalized spacial score (nSPS) is 23.6. The van der Waals surface area contributed by atoms with E-state index in [1.54, 1.807) is 14.0 Å². The van der Waals surface area contributed by atoms with Gasteiger partial charge in [-0.25, -0.2) is 0 Å². The van der Waals surface area contributed by atoms with Crippen LogP contribution >= 0.6 is 0 Å². The Bertz CT molecular complexity index is 204. The second-order valence-corrected chi connectivity index (χ2v) is 3.86. The molecule has 76 valence electrons. The number of primary amides is 1. The highest BCUT2D eigenvalue weighted by atomic mass is 16.5. The van der Waals surface area contributed by atoms with Crippen LogP contribution in [0.25, 0.3) is 0 Å². The van der Waals surface area contributed by atoms with E-state index in [-0.39, 0.29) is 12.0 Å². The minimum atomic E-state index is -0.740. The Morgan fingerprint density at radius 2 is 2.23 bits per heavy atom. The van der Waals surface area contributed by atoms with Crippen molar-refractivity contribution in [2.24, 2.45) is 5.73 Å². The third-order valence-corrected chi connectivity index (χ3v) is 2.76. The lowest BCUT2D eigenvalue weighted by Crippen LogP contribution is -2.61. The Morgan fingerprint density at radius 1 is 1.69 bits per heavy atom. The Hall–Kier alpha value is -0.610. The van der Waals surface area contributed by atoms with Crippen molar-refractivity contribution in [3.8, 4) is 0 Å². The number of methoxy groups -OCH3 is 1. The van der Waals surface area contributed by atoms with E-state index in [0.717, 1.165) is 12.8 Å². The monoisotopic (exact) mass is 186 g/mol. The van der Waals surface area contributed by atoms with Gasteiger partial charge in [0.1, 0.15) is 5.54 Å². The summed E-state index contributed by atoms with van der Waals surface area (Å²) in [5, 5.41) is 3.22. The first-order valence-electron chi connectivity index (χ1n) is 4.61. The lowest BCUT2D eigenvalue weighted by molar-refractivity contribution is -0.129. The Labute approximate surface area is 78.8 Å². The van der Waals surface area contributed by atoms with Crippen molar-refractivity contribution in [3.63, 3.8) is 0 Å². The first-order chi connectivity index (χ1) is 6.00. The van der Waals surface area contributed by atoms with Crippen LogP contribution in [0, 0.1) is 0 Å². The van der Waals surface area contributed by atoms with Gasteiger partial charge in [0.05, 0.1) is 6.10 Å². The maximum atomic E-state index is 11.3. The van der Waals surface area contributed by atoms with Crippen LogP contribution in [0.3, 0.4) is 0 Å². The number of hydrogen-bond donors (Lipinski definition) is 2. The maximum absolute atomic E-state index is 11.3. The van der Waals surface area contributed by atoms with Gasteiger partial charge in [-0.15, -0.1) is 0 Å². The molecular formula is C9H18N2O2. The lowest BCUT2D eigenvalue weighted by Gasteiger charge is -2.32. The molecule has 0 aromatic carbocycles. The van der Waals surface area contributed by atoms with Crippen LogP contribution in [0.15, 0.2) is 0 Å². The summed E-state index contributed by atoms with van der Waals surface area (Å²) in [6, 6.07) is 0.440. The van der Waals surface area contributed by atoms with Crippen LogP contribution in [0.5, 0.6) is 0 Å². The van der Waals surface area contributed by atoms with E-state index < -0.39 is 5.54 Å². The molecule has 0 bridgehead atoms. The molecule has 0 aromatic rings. The molecule has 1 saturated carbocycles. The van der Waals surface area contributed by atoms with Crippen LogP contribution in [0.4, 0.5) is 0 Å². The zero-order valence-electron chi connectivity index (χ0n) is 8.46. The predicted molar refractivity (Wildman–Crippen MR) is 50.2 cm³/mol. The number of ether oxygens (including phenoxy) is 1. The summed E-state index contributed by atoms with van der Waals surface area (Å²) >= 11 is 0. The average Bonchev–Trinajstić information content (AvgIpc) is 2.86. The number of amides is 1. The standard InChI is InChI=1S/C9H18N2O2/c1-6(13-3)9(2,8(10)12)11-7-4-5-7/h6-7,11H,4-5H2,1-3H3,(H2,10,12). The molecule has 0 aromatic heterocycles. The van der Waals surface area contributed by atoms with Crippen molar-refractivity contribution in [1.29, 1.82) is 0 Å². The van der Waals surface area contributed by atoms with Crippen LogP contribution in [-0.2, 0) is 9.53 Å². The quantitative estimate of drug-likeness (QED) is 0.636. The van der Waals surface area contributed by atoms with Gasteiger partial charge in [-0.2, -0.15) is 0 Å². The molecule has 4 heteroatoms. The second-order valence-electron chi connectivity index (χ2n) is 3.86. The van der Waals surface area contributed by atoms with Crippen molar-refractivity contribution < 1.29 is 9.53 Å². The molecule has 1 fully saturated rings. The van der Waals surface area contributed by atoms with E-state index in [2.05, 4.69) is 5.32 Å². The van der Waals surface area contributed by atoms with Gasteiger partial charge in [-0.05, 0) is 26.7 Å². The fraction of sp³-hybridized carbons (Fsp3) is 0.889. The van der Waals surface area contributed by atoms with Crippen LogP contribution < -0.4 is 11.1 Å². The lowest BCUT2D eigenvalue weighted by atomic mass is 9.94. The smallest absolute Gasteiger partial charge is 0.240 e. The molecule has 2 atom stereocenters. The highest BCUT2D eigenvalue weighted by molar-refractivity contribution is 5.85. The molecule has 1 amide bonds. The highest BCUT2D eigenvalue weighted by Gasteiger charge is 2.41. The van der Waals surface area contributed by atoms with Gasteiger partial charge in [-0.3, -0.25) is 10.1 Å². The zero-order valence-corrected chi connectivity index (χ0v) is 8.46. The summed E-state index contributed by atoms with van der Waals surface area (Å²) in [6.07, 6.45) is 2.05. The fourth-order valence-corrected chi connectivity index (χ4v) is 1.28. The maximum Gasteiger partial charge on any atom is 0.240 e. The van der Waals surface area contributed by atoms with Gasteiger partial charge in [0.2, 0.25) is 5.91 Å². The highest BCUT2D eigenvalue weighted by Crippen LogP contribution is 2.24. The summed E-state index contributed by atoms with van der Waals surface area (Å²) < 4.78 is 5.14. The summed E-state index contributed by atoms with van der Waals surface area (Å²) in [7, 11) is 1.58. The molecule has 4 nitrogen and oxygen atoms in total. The topological polar surface area (TPSA) is 64.3 Å². The minimum Gasteiger partial charge on any atom is -0.379 e. The molecule has 1 aliphatic rings. The molecule has 0 saturated heterocycles. The summed E-state index contributed by atoms with van der Waals surface area (Å²) in [5.74, 6) is -0.353. The van der Waals surface area contributed by atoms with Gasteiger partial charge in [0.15, 0.2) is 0 Å². The third-order valence-electron chi connectivity index (χ3n) is 2.76. The van der Waals surface area contributed by atoms with Crippen LogP contribution in [-0.4, -0.2) is 30.7 Å². The largest absolute Gasteiger partial charge is 0.379 e. The Morgan fingerprint density at radius 3 is 2.54 bits per heavy atom. The molecule has 1 rings (SSSR count). The molecule has 0 spiro atoms. The van der Waals surface area contributed by atoms with E-state index >= 15 is 0 Å². The molecule has 1 aliphatic carbocycles. The zero-order chi connectivity index (χ0) is 10.1. The molecule has 0 radical (unpaired) electrons. The van der Waals surface area contributed by atoms with Gasteiger partial charge in [0.25, 0.3) is 0 Å². The van der Waals surface area contributed by atoms with Gasteiger partial charge >= 0.3 is 0 Å². The van der Waals surface area contributed by atoms with Crippen molar-refractivity contribution >= 4 is 5.91 Å². The number of hydrogen-bond acceptors (Lipinski definition) is 3. The van der Waals surface area contributed by atoms with E-state index in [9.17, 15) is 4.79 Å². The molecule has 3 N–H and O–H groups in total. The van der Waals surface area contributed by atoms with Crippen molar-refractivity contribution in [2.45, 2.75) is 44.4 Å². The molecule has 0 heterocycles. The number of nitrogens with two attached hydrogens (primary N) is 1. The Kier molecular flexibility index (Phi) is 2.93. The average molecular weight is 186 g/mol. The van der Waals surface area contributed by atoms with Gasteiger partial charge in [-0.1, -0.05) is 0 Å². The van der Waals surface area contributed by atoms with E-state index in [0.29, 0.717) is 6.04 Å². The van der Waals surface area contributed by atoms with E-state index in [1.165, 1.54) is 0 Å².